The molecule has 0 atom stereocenters. The Morgan fingerprint density at radius 2 is 1.59 bits per heavy atom. The highest BCUT2D eigenvalue weighted by molar-refractivity contribution is 5.85. The number of anilines is 1. The van der Waals surface area contributed by atoms with Gasteiger partial charge >= 0.3 is 6.09 Å². The van der Waals surface area contributed by atoms with Crippen molar-refractivity contribution in [3.63, 3.8) is 0 Å². The van der Waals surface area contributed by atoms with Crippen LogP contribution < -0.4 is 5.06 Å². The third-order valence-corrected chi connectivity index (χ3v) is 3.50. The summed E-state index contributed by atoms with van der Waals surface area (Å²) < 4.78 is 4.51. The van der Waals surface area contributed by atoms with Crippen molar-refractivity contribution in [3.8, 4) is 0 Å². The monoisotopic (exact) mass is 306 g/mol. The van der Waals surface area contributed by atoms with Crippen LogP contribution in [0.1, 0.15) is 58.3 Å². The summed E-state index contributed by atoms with van der Waals surface area (Å²) in [6.45, 7) is 2.73. The Kier molecular flexibility index (Phi) is 10.1. The number of carbonyl (C=O) groups excluding carboxylic acids is 1. The molecule has 22 heavy (non-hydrogen) atoms. The Morgan fingerprint density at radius 1 is 1.00 bits per heavy atom. The number of hydrogen-bond donors (Lipinski definition) is 0. The molecule has 0 bridgehead atoms. The standard InChI is InChI=1S/C18H28NO3/c1-3-4-5-6-7-8-9-13-16-22-19(18(20)21-2)17-14-11-10-12-15-17/h10-12,14-15H,2-9,13,16H2,1H3. The number of hydroxylamine groups is 1. The maximum absolute atomic E-state index is 11.7. The molecule has 4 nitrogen and oxygen atoms in total. The molecule has 0 aliphatic rings. The van der Waals surface area contributed by atoms with Crippen LogP contribution in [-0.4, -0.2) is 12.7 Å². The summed E-state index contributed by atoms with van der Waals surface area (Å²) in [6.07, 6.45) is 9.22. The van der Waals surface area contributed by atoms with Crippen molar-refractivity contribution in [3.05, 3.63) is 37.4 Å². The quantitative estimate of drug-likeness (QED) is 0.400. The predicted octanol–water partition coefficient (Wildman–Crippen LogP) is 5.49. The summed E-state index contributed by atoms with van der Waals surface area (Å²) >= 11 is 0. The Bertz CT molecular complexity index is 395. The van der Waals surface area contributed by atoms with E-state index in [0.717, 1.165) is 17.9 Å². The van der Waals surface area contributed by atoms with Crippen molar-refractivity contribution in [1.82, 2.24) is 0 Å². The van der Waals surface area contributed by atoms with Crippen LogP contribution in [0.15, 0.2) is 30.3 Å². The molecule has 0 unspecified atom stereocenters. The van der Waals surface area contributed by atoms with Crippen LogP contribution >= 0.6 is 0 Å². The van der Waals surface area contributed by atoms with Crippen molar-refractivity contribution in [2.75, 3.05) is 11.7 Å². The molecule has 0 saturated carbocycles. The first-order chi connectivity index (χ1) is 10.8. The highest BCUT2D eigenvalue weighted by Crippen LogP contribution is 2.16. The van der Waals surface area contributed by atoms with Gasteiger partial charge in [-0.15, -0.1) is 0 Å². The smallest absolute Gasteiger partial charge is 0.438 e. The molecule has 0 spiro atoms. The highest BCUT2D eigenvalue weighted by atomic mass is 16.7. The second-order valence-corrected chi connectivity index (χ2v) is 5.35. The van der Waals surface area contributed by atoms with Gasteiger partial charge in [0.05, 0.1) is 12.3 Å². The molecule has 1 radical (unpaired) electrons. The molecule has 123 valence electrons. The average molecular weight is 306 g/mol. The van der Waals surface area contributed by atoms with Crippen molar-refractivity contribution < 1.29 is 14.4 Å². The Morgan fingerprint density at radius 3 is 2.18 bits per heavy atom. The SMILES string of the molecule is [CH2]OC(=O)N(OCCCCCCCCCC)c1ccccc1. The normalized spacial score (nSPS) is 10.5. The maximum atomic E-state index is 11.7. The number of hydrogen-bond acceptors (Lipinski definition) is 3. The van der Waals surface area contributed by atoms with Gasteiger partial charge in [-0.25, -0.2) is 4.79 Å². The molecule has 0 aliphatic carbocycles. The first kappa shape index (κ1) is 18.5. The lowest BCUT2D eigenvalue weighted by atomic mass is 10.1. The molecule has 0 fully saturated rings. The minimum absolute atomic E-state index is 0.499. The molecule has 0 aliphatic heterocycles. The first-order valence-corrected chi connectivity index (χ1v) is 8.23. The fourth-order valence-corrected chi connectivity index (χ4v) is 2.25. The maximum Gasteiger partial charge on any atom is 0.438 e. The number of rotatable bonds is 11. The van der Waals surface area contributed by atoms with Gasteiger partial charge in [0.2, 0.25) is 0 Å². The summed E-state index contributed by atoms with van der Waals surface area (Å²) in [5.41, 5.74) is 0.649. The Hall–Kier alpha value is -1.55. The largest absolute Gasteiger partial charge is 0.444 e. The third kappa shape index (κ3) is 7.46. The number of carbonyl (C=O) groups is 1. The van der Waals surface area contributed by atoms with Gasteiger partial charge in [-0.05, 0) is 18.6 Å². The molecule has 1 aromatic rings. The van der Waals surface area contributed by atoms with Crippen molar-refractivity contribution in [1.29, 1.82) is 0 Å². The van der Waals surface area contributed by atoms with Crippen molar-refractivity contribution in [2.24, 2.45) is 0 Å². The van der Waals surface area contributed by atoms with Gasteiger partial charge in [0.1, 0.15) is 7.11 Å². The van der Waals surface area contributed by atoms with E-state index >= 15 is 0 Å². The van der Waals surface area contributed by atoms with Crippen molar-refractivity contribution in [2.45, 2.75) is 58.3 Å². The second-order valence-electron chi connectivity index (χ2n) is 5.35. The topological polar surface area (TPSA) is 38.8 Å². The van der Waals surface area contributed by atoms with Gasteiger partial charge in [0.25, 0.3) is 0 Å². The van der Waals surface area contributed by atoms with Gasteiger partial charge in [-0.1, -0.05) is 70.1 Å². The molecular formula is C18H28NO3. The summed E-state index contributed by atoms with van der Waals surface area (Å²) in [6, 6.07) is 9.17. The molecule has 0 aromatic heterocycles. The van der Waals surface area contributed by atoms with E-state index in [0.29, 0.717) is 12.3 Å². The van der Waals surface area contributed by atoms with Crippen LogP contribution in [0.5, 0.6) is 0 Å². The lowest BCUT2D eigenvalue weighted by Crippen LogP contribution is -2.30. The van der Waals surface area contributed by atoms with Gasteiger partial charge < -0.3 is 4.74 Å². The van der Waals surface area contributed by atoms with E-state index in [1.54, 1.807) is 12.1 Å². The molecular weight excluding hydrogens is 278 g/mol. The zero-order chi connectivity index (χ0) is 16.0. The number of benzene rings is 1. The predicted molar refractivity (Wildman–Crippen MR) is 89.3 cm³/mol. The lowest BCUT2D eigenvalue weighted by molar-refractivity contribution is 0.0882. The lowest BCUT2D eigenvalue weighted by Gasteiger charge is -2.20. The van der Waals surface area contributed by atoms with Crippen LogP contribution in [0.4, 0.5) is 10.5 Å². The van der Waals surface area contributed by atoms with Gasteiger partial charge in [-0.2, -0.15) is 5.06 Å². The number of nitrogens with zero attached hydrogens (tertiary/aromatic N) is 1. The van der Waals surface area contributed by atoms with E-state index in [1.165, 1.54) is 38.5 Å². The zero-order valence-electron chi connectivity index (χ0n) is 13.6. The fourth-order valence-electron chi connectivity index (χ4n) is 2.25. The minimum atomic E-state index is -0.606. The molecule has 1 aromatic carbocycles. The molecule has 0 N–H and O–H groups in total. The average Bonchev–Trinajstić information content (AvgIpc) is 2.57. The van der Waals surface area contributed by atoms with Crippen LogP contribution in [0.2, 0.25) is 0 Å². The molecule has 1 amide bonds. The number of para-hydroxylation sites is 1. The number of ether oxygens (including phenoxy) is 1. The summed E-state index contributed by atoms with van der Waals surface area (Å²) in [7, 11) is 3.15. The molecule has 4 heteroatoms. The van der Waals surface area contributed by atoms with E-state index in [1.807, 2.05) is 18.2 Å². The third-order valence-electron chi connectivity index (χ3n) is 3.50. The minimum Gasteiger partial charge on any atom is -0.444 e. The first-order valence-electron chi connectivity index (χ1n) is 8.23. The Labute approximate surface area is 134 Å². The summed E-state index contributed by atoms with van der Waals surface area (Å²) in [4.78, 5) is 17.2. The number of unbranched alkanes of at least 4 members (excludes halogenated alkanes) is 7. The van der Waals surface area contributed by atoms with Crippen LogP contribution in [0.3, 0.4) is 0 Å². The van der Waals surface area contributed by atoms with E-state index in [9.17, 15) is 4.79 Å². The zero-order valence-corrected chi connectivity index (χ0v) is 13.6. The molecule has 0 heterocycles. The van der Waals surface area contributed by atoms with Gasteiger partial charge in [-0.3, -0.25) is 4.84 Å². The summed E-state index contributed by atoms with van der Waals surface area (Å²) in [5, 5.41) is 1.16. The van der Waals surface area contributed by atoms with Crippen LogP contribution in [-0.2, 0) is 9.57 Å². The van der Waals surface area contributed by atoms with E-state index in [4.69, 9.17) is 4.84 Å². The van der Waals surface area contributed by atoms with Crippen LogP contribution in [0, 0.1) is 7.11 Å². The van der Waals surface area contributed by atoms with Gasteiger partial charge in [0.15, 0.2) is 0 Å². The van der Waals surface area contributed by atoms with Gasteiger partial charge in [0, 0.05) is 0 Å². The van der Waals surface area contributed by atoms with E-state index in [-0.39, 0.29) is 0 Å². The number of amides is 1. The highest BCUT2D eigenvalue weighted by Gasteiger charge is 2.16. The fraction of sp³-hybridized carbons (Fsp3) is 0.556. The van der Waals surface area contributed by atoms with Crippen molar-refractivity contribution >= 4 is 11.8 Å². The van der Waals surface area contributed by atoms with E-state index < -0.39 is 6.09 Å². The van der Waals surface area contributed by atoms with Crippen LogP contribution in [0.25, 0.3) is 0 Å². The second kappa shape index (κ2) is 12.0. The Balaban J connectivity index is 2.21. The van der Waals surface area contributed by atoms with E-state index in [2.05, 4.69) is 18.8 Å². The molecule has 0 saturated heterocycles. The molecule has 1 rings (SSSR count). The summed E-state index contributed by atoms with van der Waals surface area (Å²) in [5.74, 6) is 0.